The van der Waals surface area contributed by atoms with Gasteiger partial charge in [-0.1, -0.05) is 37.8 Å². The fourth-order valence-corrected chi connectivity index (χ4v) is 1.84. The van der Waals surface area contributed by atoms with E-state index in [4.69, 9.17) is 0 Å². The maximum Gasteiger partial charge on any atom is 0.0540 e. The van der Waals surface area contributed by atoms with Crippen LogP contribution in [0.5, 0.6) is 0 Å². The highest BCUT2D eigenvalue weighted by Gasteiger charge is 2.02. The second-order valence-corrected chi connectivity index (χ2v) is 4.51. The van der Waals surface area contributed by atoms with E-state index in [9.17, 15) is 5.11 Å². The molecule has 94 valence electrons. The Labute approximate surface area is 101 Å². The van der Waals surface area contributed by atoms with Crippen molar-refractivity contribution in [3.8, 4) is 0 Å². The molecule has 0 aliphatic heterocycles. The third-order valence-corrected chi connectivity index (χ3v) is 2.89. The van der Waals surface area contributed by atoms with Crippen LogP contribution in [0.15, 0.2) is 25.3 Å². The molecule has 0 rings (SSSR count). The van der Waals surface area contributed by atoms with Crippen LogP contribution in [0.25, 0.3) is 0 Å². The maximum absolute atomic E-state index is 9.72. The Morgan fingerprint density at radius 1 is 0.750 bits per heavy atom. The minimum atomic E-state index is -0.0764. The van der Waals surface area contributed by atoms with E-state index in [0.717, 1.165) is 38.5 Å². The summed E-state index contributed by atoms with van der Waals surface area (Å²) in [6.45, 7) is 7.40. The molecular weight excluding hydrogens is 196 g/mol. The standard InChI is InChI=1S/C15H28O/c1-3-5-7-9-11-13-15(16)14-12-10-8-6-4-2/h3-4,15-16H,1-2,5-14H2. The van der Waals surface area contributed by atoms with Gasteiger partial charge in [0.15, 0.2) is 0 Å². The van der Waals surface area contributed by atoms with Crippen LogP contribution in [0.4, 0.5) is 0 Å². The molecule has 1 nitrogen and oxygen atoms in total. The van der Waals surface area contributed by atoms with Gasteiger partial charge in [0.2, 0.25) is 0 Å². The number of aliphatic hydroxyl groups excluding tert-OH is 1. The van der Waals surface area contributed by atoms with Crippen molar-refractivity contribution in [2.45, 2.75) is 70.3 Å². The van der Waals surface area contributed by atoms with E-state index in [1.54, 1.807) is 0 Å². The number of hydrogen-bond acceptors (Lipinski definition) is 1. The molecule has 0 spiro atoms. The molecule has 0 aliphatic carbocycles. The second-order valence-electron chi connectivity index (χ2n) is 4.51. The molecule has 0 aliphatic rings. The molecule has 16 heavy (non-hydrogen) atoms. The van der Waals surface area contributed by atoms with Gasteiger partial charge in [0, 0.05) is 0 Å². The van der Waals surface area contributed by atoms with Crippen LogP contribution < -0.4 is 0 Å². The largest absolute Gasteiger partial charge is 0.393 e. The predicted molar refractivity (Wildman–Crippen MR) is 72.6 cm³/mol. The van der Waals surface area contributed by atoms with E-state index in [2.05, 4.69) is 13.2 Å². The number of rotatable bonds is 12. The topological polar surface area (TPSA) is 20.2 Å². The first-order valence-corrected chi connectivity index (χ1v) is 6.71. The summed E-state index contributed by atoms with van der Waals surface area (Å²) in [7, 11) is 0. The summed E-state index contributed by atoms with van der Waals surface area (Å²) in [6, 6.07) is 0. The Balaban J connectivity index is 3.14. The molecule has 0 aromatic rings. The van der Waals surface area contributed by atoms with Gasteiger partial charge in [0.05, 0.1) is 6.10 Å². The van der Waals surface area contributed by atoms with Crippen LogP contribution in [-0.4, -0.2) is 11.2 Å². The normalized spacial score (nSPS) is 10.6. The lowest BCUT2D eigenvalue weighted by Crippen LogP contribution is -2.05. The number of unbranched alkanes of at least 4 members (excludes halogenated alkanes) is 6. The summed E-state index contributed by atoms with van der Waals surface area (Å²) in [4.78, 5) is 0. The molecule has 0 aromatic carbocycles. The Morgan fingerprint density at radius 3 is 1.56 bits per heavy atom. The lowest BCUT2D eigenvalue weighted by Gasteiger charge is -2.09. The third-order valence-electron chi connectivity index (χ3n) is 2.89. The zero-order chi connectivity index (χ0) is 12.1. The van der Waals surface area contributed by atoms with Gasteiger partial charge < -0.3 is 5.11 Å². The van der Waals surface area contributed by atoms with Gasteiger partial charge in [-0.05, 0) is 38.5 Å². The highest BCUT2D eigenvalue weighted by Crippen LogP contribution is 2.12. The highest BCUT2D eigenvalue weighted by molar-refractivity contribution is 4.67. The first-order valence-electron chi connectivity index (χ1n) is 6.71. The SMILES string of the molecule is C=CCCCCCC(O)CCCCCC=C. The monoisotopic (exact) mass is 224 g/mol. The lowest BCUT2D eigenvalue weighted by molar-refractivity contribution is 0.147. The average molecular weight is 224 g/mol. The lowest BCUT2D eigenvalue weighted by atomic mass is 10.0. The molecular formula is C15H28O. The predicted octanol–water partition coefficient (Wildman–Crippen LogP) is 4.62. The zero-order valence-electron chi connectivity index (χ0n) is 10.7. The van der Waals surface area contributed by atoms with Gasteiger partial charge in [-0.25, -0.2) is 0 Å². The smallest absolute Gasteiger partial charge is 0.0540 e. The molecule has 1 N–H and O–H groups in total. The molecule has 0 amide bonds. The molecule has 0 unspecified atom stereocenters. The van der Waals surface area contributed by atoms with Crippen LogP contribution in [0, 0.1) is 0 Å². The fourth-order valence-electron chi connectivity index (χ4n) is 1.84. The van der Waals surface area contributed by atoms with Gasteiger partial charge >= 0.3 is 0 Å². The van der Waals surface area contributed by atoms with Gasteiger partial charge in [-0.3, -0.25) is 0 Å². The summed E-state index contributed by atoms with van der Waals surface area (Å²) >= 11 is 0. The minimum absolute atomic E-state index is 0.0764. The van der Waals surface area contributed by atoms with Crippen molar-refractivity contribution in [2.24, 2.45) is 0 Å². The molecule has 0 atom stereocenters. The van der Waals surface area contributed by atoms with Gasteiger partial charge in [0.1, 0.15) is 0 Å². The fraction of sp³-hybridized carbons (Fsp3) is 0.733. The number of hydrogen-bond donors (Lipinski definition) is 1. The summed E-state index contributed by atoms with van der Waals surface area (Å²) in [6.07, 6.45) is 15.2. The van der Waals surface area contributed by atoms with Crippen molar-refractivity contribution >= 4 is 0 Å². The summed E-state index contributed by atoms with van der Waals surface area (Å²) in [5, 5.41) is 9.72. The molecule has 0 heterocycles. The Bertz CT molecular complexity index is 145. The van der Waals surface area contributed by atoms with Crippen molar-refractivity contribution in [3.05, 3.63) is 25.3 Å². The number of allylic oxidation sites excluding steroid dienone is 2. The molecule has 0 aromatic heterocycles. The minimum Gasteiger partial charge on any atom is -0.393 e. The van der Waals surface area contributed by atoms with E-state index < -0.39 is 0 Å². The van der Waals surface area contributed by atoms with Crippen LogP contribution in [0.2, 0.25) is 0 Å². The van der Waals surface area contributed by atoms with Crippen molar-refractivity contribution in [1.82, 2.24) is 0 Å². The molecule has 1 heteroatoms. The van der Waals surface area contributed by atoms with Crippen molar-refractivity contribution < 1.29 is 5.11 Å². The van der Waals surface area contributed by atoms with Crippen LogP contribution in [0.3, 0.4) is 0 Å². The second kappa shape index (κ2) is 12.5. The van der Waals surface area contributed by atoms with E-state index in [0.29, 0.717) is 0 Å². The summed E-state index contributed by atoms with van der Waals surface area (Å²) < 4.78 is 0. The van der Waals surface area contributed by atoms with Crippen molar-refractivity contribution in [1.29, 1.82) is 0 Å². The van der Waals surface area contributed by atoms with E-state index in [1.165, 1.54) is 25.7 Å². The van der Waals surface area contributed by atoms with E-state index in [-0.39, 0.29) is 6.10 Å². The van der Waals surface area contributed by atoms with Gasteiger partial charge in [-0.15, -0.1) is 13.2 Å². The van der Waals surface area contributed by atoms with Gasteiger partial charge in [0.25, 0.3) is 0 Å². The molecule has 0 bridgehead atoms. The zero-order valence-corrected chi connectivity index (χ0v) is 10.7. The van der Waals surface area contributed by atoms with Gasteiger partial charge in [-0.2, -0.15) is 0 Å². The summed E-state index contributed by atoms with van der Waals surface area (Å²) in [5.41, 5.74) is 0. The quantitative estimate of drug-likeness (QED) is 0.379. The molecule has 0 fully saturated rings. The Hall–Kier alpha value is -0.560. The Kier molecular flexibility index (Phi) is 12.1. The van der Waals surface area contributed by atoms with Crippen LogP contribution in [0.1, 0.15) is 64.2 Å². The molecule has 0 radical (unpaired) electrons. The van der Waals surface area contributed by atoms with Crippen molar-refractivity contribution in [2.75, 3.05) is 0 Å². The van der Waals surface area contributed by atoms with E-state index in [1.807, 2.05) is 12.2 Å². The third kappa shape index (κ3) is 11.5. The Morgan fingerprint density at radius 2 is 1.19 bits per heavy atom. The van der Waals surface area contributed by atoms with E-state index >= 15 is 0 Å². The molecule has 0 saturated carbocycles. The first-order chi connectivity index (χ1) is 7.81. The first kappa shape index (κ1) is 15.4. The van der Waals surface area contributed by atoms with Crippen LogP contribution >= 0.6 is 0 Å². The average Bonchev–Trinajstić information content (AvgIpc) is 2.28. The maximum atomic E-state index is 9.72. The highest BCUT2D eigenvalue weighted by atomic mass is 16.3. The number of aliphatic hydroxyl groups is 1. The van der Waals surface area contributed by atoms with Crippen molar-refractivity contribution in [3.63, 3.8) is 0 Å². The van der Waals surface area contributed by atoms with Crippen LogP contribution in [-0.2, 0) is 0 Å². The summed E-state index contributed by atoms with van der Waals surface area (Å²) in [5.74, 6) is 0. The molecule has 0 saturated heterocycles.